The van der Waals surface area contributed by atoms with E-state index in [1.807, 2.05) is 6.07 Å². The van der Waals surface area contributed by atoms with E-state index < -0.39 is 0 Å². The van der Waals surface area contributed by atoms with Gasteiger partial charge in [0.15, 0.2) is 23.1 Å². The van der Waals surface area contributed by atoms with Crippen molar-refractivity contribution in [3.63, 3.8) is 0 Å². The van der Waals surface area contributed by atoms with Gasteiger partial charge in [-0.1, -0.05) is 36.4 Å². The second-order valence-electron chi connectivity index (χ2n) is 13.5. The quantitative estimate of drug-likeness (QED) is 0.163. The molecule has 6 nitrogen and oxygen atoms in total. The van der Waals surface area contributed by atoms with Gasteiger partial charge in [-0.05, 0) is 55.5 Å². The van der Waals surface area contributed by atoms with Gasteiger partial charge in [0.1, 0.15) is 5.75 Å². The number of thiophene rings is 1. The Kier molecular flexibility index (Phi) is 9.63. The number of carbonyl (C=O) groups is 4. The molecule has 4 aliphatic heterocycles. The molecular weight excluding hydrogens is 751 g/mol. The van der Waals surface area contributed by atoms with Crippen molar-refractivity contribution in [2.75, 3.05) is 23.9 Å². The number of fused-ring (bicyclic) bond motifs is 10. The molecule has 0 saturated carbocycles. The second kappa shape index (κ2) is 14.7. The van der Waals surface area contributed by atoms with Crippen LogP contribution in [0.2, 0.25) is 0 Å². The summed E-state index contributed by atoms with van der Waals surface area (Å²) < 4.78 is 10.3. The number of para-hydroxylation sites is 1. The number of aryl methyl sites for hydroxylation is 1. The Morgan fingerprint density at radius 2 is 1.11 bits per heavy atom. The summed E-state index contributed by atoms with van der Waals surface area (Å²) in [6.45, 7) is 3.50. The van der Waals surface area contributed by atoms with E-state index in [0.29, 0.717) is 54.9 Å². The third kappa shape index (κ3) is 6.36. The van der Waals surface area contributed by atoms with E-state index in [-0.39, 0.29) is 17.3 Å². The number of ether oxygens (including phenoxy) is 1. The summed E-state index contributed by atoms with van der Waals surface area (Å²) in [6, 6.07) is 29.1. The summed E-state index contributed by atoms with van der Waals surface area (Å²) in [5, 5.41) is 5.14. The normalized spacial score (nSPS) is 16.2. The molecule has 0 atom stereocenters. The van der Waals surface area contributed by atoms with Gasteiger partial charge in [0, 0.05) is 123 Å². The maximum Gasteiger partial charge on any atom is 0.170 e. The van der Waals surface area contributed by atoms with Crippen LogP contribution in [0, 0.1) is 0 Å². The minimum absolute atomic E-state index is 0.114. The van der Waals surface area contributed by atoms with Crippen molar-refractivity contribution in [2.45, 2.75) is 53.8 Å². The van der Waals surface area contributed by atoms with Crippen LogP contribution < -0.4 is 4.74 Å². The molecule has 0 amide bonds. The summed E-state index contributed by atoms with van der Waals surface area (Å²) in [5.41, 5.74) is 5.61. The van der Waals surface area contributed by atoms with E-state index in [1.165, 1.54) is 42.0 Å². The molecule has 11 rings (SSSR count). The summed E-state index contributed by atoms with van der Waals surface area (Å²) in [7, 11) is 0. The number of rotatable bonds is 1. The molecule has 0 radical (unpaired) electrons. The van der Waals surface area contributed by atoms with Crippen LogP contribution in [0.4, 0.5) is 0 Å². The van der Waals surface area contributed by atoms with Gasteiger partial charge >= 0.3 is 0 Å². The fourth-order valence-corrected chi connectivity index (χ4v) is 11.9. The Hall–Kier alpha value is -4.35. The fourth-order valence-electron chi connectivity index (χ4n) is 7.63. The van der Waals surface area contributed by atoms with E-state index in [4.69, 9.17) is 4.74 Å². The fraction of sp³-hybridized carbons (Fsp3) is 0.227. The highest BCUT2D eigenvalue weighted by atomic mass is 32.2. The zero-order valence-corrected chi connectivity index (χ0v) is 32.8. The highest BCUT2D eigenvalue weighted by molar-refractivity contribution is 8.00. The number of hydrogen-bond acceptors (Lipinski definition) is 9. The van der Waals surface area contributed by atoms with Crippen LogP contribution in [-0.2, 0) is 6.54 Å². The third-order valence-electron chi connectivity index (χ3n) is 10.3. The molecular formula is C44H35NO5S4. The van der Waals surface area contributed by atoms with E-state index in [1.54, 1.807) is 52.7 Å². The summed E-state index contributed by atoms with van der Waals surface area (Å²) in [4.78, 5) is 50.7. The zero-order valence-electron chi connectivity index (χ0n) is 29.6. The van der Waals surface area contributed by atoms with Crippen molar-refractivity contribution >= 4 is 112 Å². The van der Waals surface area contributed by atoms with Crippen molar-refractivity contribution in [1.29, 1.82) is 0 Å². The number of carbonyl (C=O) groups excluding carboxylic acids is 4. The van der Waals surface area contributed by atoms with Crippen LogP contribution in [0.3, 0.4) is 0 Å². The van der Waals surface area contributed by atoms with Crippen LogP contribution in [0.15, 0.2) is 99.6 Å². The van der Waals surface area contributed by atoms with Crippen LogP contribution >= 0.6 is 46.6 Å². The molecule has 6 heterocycles. The second-order valence-corrected chi connectivity index (χ2v) is 18.0. The van der Waals surface area contributed by atoms with E-state index in [0.717, 1.165) is 49.6 Å². The SMILES string of the molecule is CCn1c2ccccc2c2cc3c(cc21)C(=O)CCS3.O=C1CCOc2cc3c(cc21)SCCC3=O.O=C1CCSc2cc3c(cc21)sc1ccccc13. The van der Waals surface area contributed by atoms with Crippen molar-refractivity contribution in [2.24, 2.45) is 0 Å². The lowest BCUT2D eigenvalue weighted by atomic mass is 10.00. The Bertz CT molecular complexity index is 2660. The number of nitrogens with zero attached hydrogens (tertiary/aromatic N) is 1. The summed E-state index contributed by atoms with van der Waals surface area (Å²) in [6.07, 6.45) is 2.35. The molecule has 0 bridgehead atoms. The first-order valence-corrected chi connectivity index (χ1v) is 22.0. The van der Waals surface area contributed by atoms with Gasteiger partial charge < -0.3 is 9.30 Å². The smallest absolute Gasteiger partial charge is 0.170 e. The lowest BCUT2D eigenvalue weighted by Crippen LogP contribution is -2.17. The Labute approximate surface area is 329 Å². The van der Waals surface area contributed by atoms with Gasteiger partial charge in [0.05, 0.1) is 12.2 Å². The topological polar surface area (TPSA) is 82.4 Å². The lowest BCUT2D eigenvalue weighted by Gasteiger charge is -2.21. The highest BCUT2D eigenvalue weighted by Crippen LogP contribution is 2.41. The summed E-state index contributed by atoms with van der Waals surface area (Å²) >= 11 is 7.02. The molecule has 10 heteroatoms. The predicted molar refractivity (Wildman–Crippen MR) is 224 cm³/mol. The highest BCUT2D eigenvalue weighted by Gasteiger charge is 2.26. The summed E-state index contributed by atoms with van der Waals surface area (Å²) in [5.74, 6) is 4.05. The minimum atomic E-state index is 0.114. The average molecular weight is 786 g/mol. The van der Waals surface area contributed by atoms with E-state index in [2.05, 4.69) is 84.3 Å². The zero-order chi connectivity index (χ0) is 36.9. The van der Waals surface area contributed by atoms with Gasteiger partial charge in [-0.2, -0.15) is 0 Å². The van der Waals surface area contributed by atoms with Gasteiger partial charge in [-0.3, -0.25) is 19.2 Å². The van der Waals surface area contributed by atoms with E-state index >= 15 is 0 Å². The largest absolute Gasteiger partial charge is 0.492 e. The van der Waals surface area contributed by atoms with Crippen LogP contribution in [0.1, 0.15) is 74.0 Å². The number of thioether (sulfide) groups is 3. The average Bonchev–Trinajstić information content (AvgIpc) is 3.71. The number of ketones is 4. The standard InChI is InChI=1S/C17H15NOS.C15H10OS2.C12H10O3S/c1-2-18-14-6-4-3-5-11(14)12-10-17-13(9-15(12)18)16(19)7-8-20-17;16-12-5-6-17-14-7-10-9-3-1-2-4-13(9)18-15(10)8-11(12)14;13-9-1-3-15-11-5-8-10(14)2-4-16-12(8)6-7(9)11/h3-6,9-10H,2,7-8H2,1H3;1-4,7-8H,5-6H2;5-6H,1-4H2. The minimum Gasteiger partial charge on any atom is -0.492 e. The first kappa shape index (κ1) is 35.4. The first-order chi connectivity index (χ1) is 26.4. The third-order valence-corrected chi connectivity index (χ3v) is 14.6. The predicted octanol–water partition coefficient (Wildman–Crippen LogP) is 11.6. The molecule has 7 aromatic rings. The van der Waals surface area contributed by atoms with Crippen molar-refractivity contribution in [3.8, 4) is 5.75 Å². The molecule has 0 fully saturated rings. The molecule has 4 aliphatic rings. The molecule has 270 valence electrons. The Balaban J connectivity index is 0.000000107. The molecule has 0 N–H and O–H groups in total. The molecule has 54 heavy (non-hydrogen) atoms. The Morgan fingerprint density at radius 1 is 0.537 bits per heavy atom. The van der Waals surface area contributed by atoms with E-state index in [9.17, 15) is 19.2 Å². The van der Waals surface area contributed by atoms with Crippen LogP contribution in [0.5, 0.6) is 5.75 Å². The molecule has 0 saturated heterocycles. The van der Waals surface area contributed by atoms with Gasteiger partial charge in [-0.25, -0.2) is 0 Å². The van der Waals surface area contributed by atoms with Gasteiger partial charge in [0.2, 0.25) is 0 Å². The number of Topliss-reactive ketones (excluding diaryl/α,β-unsaturated/α-hetero) is 4. The maximum absolute atomic E-state index is 12.1. The number of hydrogen-bond donors (Lipinski definition) is 0. The van der Waals surface area contributed by atoms with Crippen LogP contribution in [-0.4, -0.2) is 51.6 Å². The lowest BCUT2D eigenvalue weighted by molar-refractivity contribution is 0.0926. The molecule has 0 spiro atoms. The van der Waals surface area contributed by atoms with Crippen molar-refractivity contribution < 1.29 is 23.9 Å². The van der Waals surface area contributed by atoms with Gasteiger partial charge in [0.25, 0.3) is 0 Å². The van der Waals surface area contributed by atoms with Crippen LogP contribution in [0.25, 0.3) is 42.0 Å². The monoisotopic (exact) mass is 785 g/mol. The molecule has 2 aromatic heterocycles. The molecule has 0 aliphatic carbocycles. The molecule has 0 unspecified atom stereocenters. The van der Waals surface area contributed by atoms with Gasteiger partial charge in [-0.15, -0.1) is 46.6 Å². The van der Waals surface area contributed by atoms with Crippen molar-refractivity contribution in [3.05, 3.63) is 107 Å². The maximum atomic E-state index is 12.1. The molecule has 5 aromatic carbocycles. The van der Waals surface area contributed by atoms with Crippen molar-refractivity contribution in [1.82, 2.24) is 4.57 Å². The first-order valence-electron chi connectivity index (χ1n) is 18.2. The Morgan fingerprint density at radius 3 is 1.81 bits per heavy atom. The number of aromatic nitrogens is 1. The number of benzene rings is 5.